The number of piperidine rings is 1. The van der Waals surface area contributed by atoms with E-state index in [9.17, 15) is 9.18 Å². The van der Waals surface area contributed by atoms with Crippen molar-refractivity contribution in [1.82, 2.24) is 14.8 Å². The normalized spacial score (nSPS) is 21.8. The molecule has 0 saturated carbocycles. The first-order chi connectivity index (χ1) is 13.7. The van der Waals surface area contributed by atoms with Gasteiger partial charge in [0.15, 0.2) is 0 Å². The summed E-state index contributed by atoms with van der Waals surface area (Å²) >= 11 is 1.68. The van der Waals surface area contributed by atoms with E-state index in [4.69, 9.17) is 9.47 Å². The van der Waals surface area contributed by atoms with Crippen molar-refractivity contribution in [2.75, 3.05) is 32.8 Å². The third-order valence-corrected chi connectivity index (χ3v) is 6.04. The predicted molar refractivity (Wildman–Crippen MR) is 104 cm³/mol. The molecule has 1 aromatic carbocycles. The zero-order valence-corrected chi connectivity index (χ0v) is 16.4. The Morgan fingerprint density at radius 2 is 2.04 bits per heavy atom. The topological polar surface area (TPSA) is 54.9 Å². The number of likely N-dealkylation sites (tertiary alicyclic amines) is 1. The molecular formula is C20H24FN3O3S. The molecule has 2 aliphatic heterocycles. The molecule has 28 heavy (non-hydrogen) atoms. The second kappa shape index (κ2) is 8.98. The predicted octanol–water partition coefficient (Wildman–Crippen LogP) is 2.55. The van der Waals surface area contributed by atoms with Crippen molar-refractivity contribution in [2.45, 2.75) is 31.5 Å². The number of hydrogen-bond donors (Lipinski definition) is 0. The molecule has 150 valence electrons. The van der Waals surface area contributed by atoms with E-state index in [1.807, 2.05) is 16.6 Å². The minimum absolute atomic E-state index is 0.0546. The Hall–Kier alpha value is -2.03. The Labute approximate surface area is 167 Å². The van der Waals surface area contributed by atoms with Crippen LogP contribution in [-0.4, -0.2) is 65.7 Å². The minimum Gasteiger partial charge on any atom is -0.491 e. The second-order valence-corrected chi connectivity index (χ2v) is 8.19. The van der Waals surface area contributed by atoms with Crippen LogP contribution in [0.15, 0.2) is 36.0 Å². The molecule has 1 aromatic heterocycles. The maximum Gasteiger partial charge on any atom is 0.248 e. The quantitative estimate of drug-likeness (QED) is 0.739. The van der Waals surface area contributed by atoms with E-state index in [-0.39, 0.29) is 30.5 Å². The molecule has 2 saturated heterocycles. The molecule has 2 fully saturated rings. The van der Waals surface area contributed by atoms with Crippen LogP contribution in [0.5, 0.6) is 5.75 Å². The lowest BCUT2D eigenvalue weighted by molar-refractivity contribution is -0.155. The summed E-state index contributed by atoms with van der Waals surface area (Å²) < 4.78 is 24.3. The number of amides is 1. The second-order valence-electron chi connectivity index (χ2n) is 7.22. The number of rotatable bonds is 6. The molecule has 6 nitrogen and oxygen atoms in total. The van der Waals surface area contributed by atoms with Crippen LogP contribution < -0.4 is 4.74 Å². The molecule has 3 heterocycles. The van der Waals surface area contributed by atoms with E-state index in [0.717, 1.165) is 32.5 Å². The highest BCUT2D eigenvalue weighted by molar-refractivity contribution is 7.09. The van der Waals surface area contributed by atoms with Gasteiger partial charge in [-0.1, -0.05) is 0 Å². The van der Waals surface area contributed by atoms with Gasteiger partial charge in [-0.05, 0) is 37.1 Å². The summed E-state index contributed by atoms with van der Waals surface area (Å²) in [6, 6.07) is 6.18. The largest absolute Gasteiger partial charge is 0.491 e. The van der Waals surface area contributed by atoms with Crippen molar-refractivity contribution in [3.05, 3.63) is 46.7 Å². The monoisotopic (exact) mass is 405 g/mol. The third-order valence-electron chi connectivity index (χ3n) is 5.27. The van der Waals surface area contributed by atoms with Crippen molar-refractivity contribution in [1.29, 1.82) is 0 Å². The van der Waals surface area contributed by atoms with Gasteiger partial charge in [0.05, 0.1) is 12.1 Å². The first kappa shape index (κ1) is 19.3. The number of carbonyl (C=O) groups is 1. The van der Waals surface area contributed by atoms with E-state index in [1.54, 1.807) is 23.5 Å². The zero-order valence-electron chi connectivity index (χ0n) is 15.6. The number of hydrogen-bond acceptors (Lipinski definition) is 6. The Morgan fingerprint density at radius 3 is 2.75 bits per heavy atom. The van der Waals surface area contributed by atoms with Crippen LogP contribution in [0.25, 0.3) is 0 Å². The molecular weight excluding hydrogens is 381 g/mol. The summed E-state index contributed by atoms with van der Waals surface area (Å²) in [5.41, 5.74) is 1.86. The average Bonchev–Trinajstić information content (AvgIpc) is 3.22. The highest BCUT2D eigenvalue weighted by Gasteiger charge is 2.33. The van der Waals surface area contributed by atoms with Crippen LogP contribution >= 0.6 is 11.3 Å². The lowest BCUT2D eigenvalue weighted by atomic mass is 10.0. The van der Waals surface area contributed by atoms with Gasteiger partial charge in [0, 0.05) is 36.8 Å². The molecule has 0 N–H and O–H groups in total. The van der Waals surface area contributed by atoms with Crippen molar-refractivity contribution < 1.29 is 18.7 Å². The number of carbonyl (C=O) groups excluding carboxylic acids is 1. The standard InChI is InChI=1S/C20H24FN3O3S/c21-15-1-3-17(4-2-15)26-12-18-10-24(20(25)13-27-18)16-5-7-23(8-6-16)11-19-9-22-14-28-19/h1-4,9,14,16,18H,5-8,10-13H2/t18-/m0/s1. The van der Waals surface area contributed by atoms with E-state index in [0.29, 0.717) is 18.9 Å². The Bertz CT molecular complexity index is 764. The molecule has 0 spiro atoms. The fourth-order valence-corrected chi connectivity index (χ4v) is 4.39. The van der Waals surface area contributed by atoms with Crippen LogP contribution in [0.3, 0.4) is 0 Å². The number of benzene rings is 1. The van der Waals surface area contributed by atoms with E-state index < -0.39 is 0 Å². The first-order valence-electron chi connectivity index (χ1n) is 9.56. The summed E-state index contributed by atoms with van der Waals surface area (Å²) in [7, 11) is 0. The van der Waals surface area contributed by atoms with Gasteiger partial charge in [0.2, 0.25) is 5.91 Å². The van der Waals surface area contributed by atoms with Crippen LogP contribution in [0.4, 0.5) is 4.39 Å². The fraction of sp³-hybridized carbons (Fsp3) is 0.500. The number of morpholine rings is 1. The summed E-state index contributed by atoms with van der Waals surface area (Å²) in [6.45, 7) is 3.87. The summed E-state index contributed by atoms with van der Waals surface area (Å²) in [6.07, 6.45) is 3.69. The van der Waals surface area contributed by atoms with E-state index >= 15 is 0 Å². The van der Waals surface area contributed by atoms with E-state index in [1.165, 1.54) is 17.0 Å². The van der Waals surface area contributed by atoms with Crippen molar-refractivity contribution >= 4 is 17.2 Å². The van der Waals surface area contributed by atoms with Crippen LogP contribution in [-0.2, 0) is 16.1 Å². The smallest absolute Gasteiger partial charge is 0.248 e. The van der Waals surface area contributed by atoms with E-state index in [2.05, 4.69) is 9.88 Å². The fourth-order valence-electron chi connectivity index (χ4n) is 3.75. The summed E-state index contributed by atoms with van der Waals surface area (Å²) in [5, 5.41) is 0. The van der Waals surface area contributed by atoms with Gasteiger partial charge >= 0.3 is 0 Å². The lowest BCUT2D eigenvalue weighted by Crippen LogP contribution is -2.55. The molecule has 2 aliphatic rings. The highest BCUT2D eigenvalue weighted by atomic mass is 32.1. The molecule has 2 aromatic rings. The zero-order chi connectivity index (χ0) is 19.3. The molecule has 0 aliphatic carbocycles. The SMILES string of the molecule is O=C1CO[C@H](COc2ccc(F)cc2)CN1C1CCN(Cc2cncs2)CC1. The van der Waals surface area contributed by atoms with Crippen LogP contribution in [0, 0.1) is 5.82 Å². The number of ether oxygens (including phenoxy) is 2. The molecule has 1 amide bonds. The van der Waals surface area contributed by atoms with Gasteiger partial charge in [0.1, 0.15) is 30.9 Å². The van der Waals surface area contributed by atoms with Crippen molar-refractivity contribution in [3.63, 3.8) is 0 Å². The van der Waals surface area contributed by atoms with Crippen LogP contribution in [0.2, 0.25) is 0 Å². The maximum absolute atomic E-state index is 13.0. The number of nitrogens with zero attached hydrogens (tertiary/aromatic N) is 3. The highest BCUT2D eigenvalue weighted by Crippen LogP contribution is 2.22. The number of halogens is 1. The molecule has 0 unspecified atom stereocenters. The molecule has 4 rings (SSSR count). The first-order valence-corrected chi connectivity index (χ1v) is 10.4. The Balaban J connectivity index is 1.26. The van der Waals surface area contributed by atoms with Crippen LogP contribution in [0.1, 0.15) is 17.7 Å². The van der Waals surface area contributed by atoms with Crippen molar-refractivity contribution in [2.24, 2.45) is 0 Å². The van der Waals surface area contributed by atoms with Gasteiger partial charge in [-0.15, -0.1) is 11.3 Å². The van der Waals surface area contributed by atoms with Gasteiger partial charge < -0.3 is 14.4 Å². The molecule has 8 heteroatoms. The Morgan fingerprint density at radius 1 is 1.25 bits per heavy atom. The molecule has 0 radical (unpaired) electrons. The van der Waals surface area contributed by atoms with Gasteiger partial charge in [-0.25, -0.2) is 4.39 Å². The Kier molecular flexibility index (Phi) is 6.19. The number of aromatic nitrogens is 1. The summed E-state index contributed by atoms with van der Waals surface area (Å²) in [4.78, 5) is 22.2. The van der Waals surface area contributed by atoms with Gasteiger partial charge in [-0.3, -0.25) is 14.7 Å². The van der Waals surface area contributed by atoms with Gasteiger partial charge in [0.25, 0.3) is 0 Å². The van der Waals surface area contributed by atoms with Gasteiger partial charge in [-0.2, -0.15) is 0 Å². The average molecular weight is 405 g/mol. The molecule has 0 bridgehead atoms. The third kappa shape index (κ3) is 4.87. The minimum atomic E-state index is -0.292. The van der Waals surface area contributed by atoms with Crippen molar-refractivity contribution in [3.8, 4) is 5.75 Å². The maximum atomic E-state index is 13.0. The number of thiazole rings is 1. The molecule has 1 atom stereocenters. The summed E-state index contributed by atoms with van der Waals surface area (Å²) in [5.74, 6) is 0.364. The lowest BCUT2D eigenvalue weighted by Gasteiger charge is -2.42.